The molecule has 2 heteroatoms. The second-order valence-electron chi connectivity index (χ2n) is 6.59. The molecule has 0 aromatic heterocycles. The van der Waals surface area contributed by atoms with Gasteiger partial charge in [-0.2, -0.15) is 0 Å². The maximum absolute atomic E-state index is 3.81. The molecule has 0 amide bonds. The maximum Gasteiger partial charge on any atom is 0.0108 e. The standard InChI is InChI=1S/C17H36N2/c1-6-11-18-17-10-9-15(7-2)12-16(17)13-19(8-3)14(4)5/h14-18H,6-13H2,1-5H3. The first-order chi connectivity index (χ1) is 9.12. The third-order valence-corrected chi connectivity index (χ3v) is 4.93. The monoisotopic (exact) mass is 268 g/mol. The van der Waals surface area contributed by atoms with Crippen molar-refractivity contribution in [1.82, 2.24) is 10.2 Å². The van der Waals surface area contributed by atoms with Gasteiger partial charge in [-0.3, -0.25) is 0 Å². The summed E-state index contributed by atoms with van der Waals surface area (Å²) in [5.74, 6) is 1.82. The molecule has 1 aliphatic carbocycles. The van der Waals surface area contributed by atoms with Gasteiger partial charge in [0.25, 0.3) is 0 Å². The zero-order chi connectivity index (χ0) is 14.3. The predicted octanol–water partition coefficient (Wildman–Crippen LogP) is 3.91. The van der Waals surface area contributed by atoms with E-state index in [2.05, 4.69) is 44.8 Å². The Morgan fingerprint density at radius 2 is 1.89 bits per heavy atom. The lowest BCUT2D eigenvalue weighted by Gasteiger charge is -2.40. The van der Waals surface area contributed by atoms with Crippen LogP contribution >= 0.6 is 0 Å². The Morgan fingerprint density at radius 3 is 2.42 bits per heavy atom. The van der Waals surface area contributed by atoms with Crippen molar-refractivity contribution in [3.8, 4) is 0 Å². The van der Waals surface area contributed by atoms with E-state index in [1.54, 1.807) is 0 Å². The topological polar surface area (TPSA) is 15.3 Å². The van der Waals surface area contributed by atoms with Crippen LogP contribution in [0.1, 0.15) is 66.7 Å². The van der Waals surface area contributed by atoms with Gasteiger partial charge in [-0.05, 0) is 64.5 Å². The average Bonchev–Trinajstić information content (AvgIpc) is 2.42. The molecule has 1 fully saturated rings. The first-order valence-corrected chi connectivity index (χ1v) is 8.59. The Bertz CT molecular complexity index is 227. The number of nitrogens with zero attached hydrogens (tertiary/aromatic N) is 1. The van der Waals surface area contributed by atoms with Crippen molar-refractivity contribution in [3.05, 3.63) is 0 Å². The van der Waals surface area contributed by atoms with Gasteiger partial charge in [0.1, 0.15) is 0 Å². The second kappa shape index (κ2) is 8.97. The van der Waals surface area contributed by atoms with Crippen LogP contribution in [0.5, 0.6) is 0 Å². The van der Waals surface area contributed by atoms with Crippen molar-refractivity contribution in [2.45, 2.75) is 78.8 Å². The van der Waals surface area contributed by atoms with Gasteiger partial charge in [0.2, 0.25) is 0 Å². The van der Waals surface area contributed by atoms with Crippen molar-refractivity contribution < 1.29 is 0 Å². The summed E-state index contributed by atoms with van der Waals surface area (Å²) < 4.78 is 0. The third-order valence-electron chi connectivity index (χ3n) is 4.93. The van der Waals surface area contributed by atoms with Crippen molar-refractivity contribution in [2.24, 2.45) is 11.8 Å². The summed E-state index contributed by atoms with van der Waals surface area (Å²) in [6.07, 6.45) is 6.87. The van der Waals surface area contributed by atoms with Gasteiger partial charge in [0, 0.05) is 18.6 Å². The first-order valence-electron chi connectivity index (χ1n) is 8.59. The number of nitrogens with one attached hydrogen (secondary N) is 1. The van der Waals surface area contributed by atoms with Crippen LogP contribution in [-0.2, 0) is 0 Å². The lowest BCUT2D eigenvalue weighted by molar-refractivity contribution is 0.123. The van der Waals surface area contributed by atoms with E-state index in [0.717, 1.165) is 17.9 Å². The molecule has 1 saturated carbocycles. The van der Waals surface area contributed by atoms with Gasteiger partial charge in [-0.25, -0.2) is 0 Å². The molecule has 2 nitrogen and oxygen atoms in total. The van der Waals surface area contributed by atoms with Crippen LogP contribution in [0.25, 0.3) is 0 Å². The molecular formula is C17H36N2. The van der Waals surface area contributed by atoms with E-state index in [1.165, 1.54) is 51.7 Å². The fraction of sp³-hybridized carbons (Fsp3) is 1.00. The molecule has 0 aliphatic heterocycles. The fourth-order valence-electron chi connectivity index (χ4n) is 3.54. The smallest absolute Gasteiger partial charge is 0.0108 e. The Morgan fingerprint density at radius 1 is 1.16 bits per heavy atom. The zero-order valence-electron chi connectivity index (χ0n) is 13.9. The first kappa shape index (κ1) is 17.0. The highest BCUT2D eigenvalue weighted by atomic mass is 15.1. The third kappa shape index (κ3) is 5.43. The summed E-state index contributed by atoms with van der Waals surface area (Å²) in [5, 5.41) is 3.81. The van der Waals surface area contributed by atoms with Crippen molar-refractivity contribution in [1.29, 1.82) is 0 Å². The van der Waals surface area contributed by atoms with E-state index in [9.17, 15) is 0 Å². The predicted molar refractivity (Wildman–Crippen MR) is 85.6 cm³/mol. The van der Waals surface area contributed by atoms with Crippen LogP contribution in [0.15, 0.2) is 0 Å². The Kier molecular flexibility index (Phi) is 8.01. The summed E-state index contributed by atoms with van der Waals surface area (Å²) in [4.78, 5) is 2.64. The molecule has 0 saturated heterocycles. The quantitative estimate of drug-likeness (QED) is 0.718. The van der Waals surface area contributed by atoms with Gasteiger partial charge >= 0.3 is 0 Å². The van der Waals surface area contributed by atoms with Crippen LogP contribution in [0, 0.1) is 11.8 Å². The molecule has 1 rings (SSSR count). The molecular weight excluding hydrogens is 232 g/mol. The minimum absolute atomic E-state index is 0.679. The highest BCUT2D eigenvalue weighted by Crippen LogP contribution is 2.32. The highest BCUT2D eigenvalue weighted by Gasteiger charge is 2.30. The van der Waals surface area contributed by atoms with Gasteiger partial charge in [-0.1, -0.05) is 27.2 Å². The van der Waals surface area contributed by atoms with E-state index >= 15 is 0 Å². The van der Waals surface area contributed by atoms with Gasteiger partial charge in [-0.15, -0.1) is 0 Å². The van der Waals surface area contributed by atoms with Crippen LogP contribution in [0.2, 0.25) is 0 Å². The van der Waals surface area contributed by atoms with E-state index in [0.29, 0.717) is 6.04 Å². The molecule has 3 unspecified atom stereocenters. The van der Waals surface area contributed by atoms with E-state index in [-0.39, 0.29) is 0 Å². The number of rotatable bonds is 8. The minimum atomic E-state index is 0.679. The Balaban J connectivity index is 2.59. The lowest BCUT2D eigenvalue weighted by Crippen LogP contribution is -2.47. The lowest BCUT2D eigenvalue weighted by atomic mass is 9.76. The SMILES string of the molecule is CCCNC1CCC(CC)CC1CN(CC)C(C)C. The van der Waals surface area contributed by atoms with Crippen LogP contribution in [0.4, 0.5) is 0 Å². The van der Waals surface area contributed by atoms with E-state index in [4.69, 9.17) is 0 Å². The molecule has 1 aliphatic rings. The second-order valence-corrected chi connectivity index (χ2v) is 6.59. The highest BCUT2D eigenvalue weighted by molar-refractivity contribution is 4.86. The summed E-state index contributed by atoms with van der Waals surface area (Å²) >= 11 is 0. The molecule has 1 N–H and O–H groups in total. The summed E-state index contributed by atoms with van der Waals surface area (Å²) in [5.41, 5.74) is 0. The van der Waals surface area contributed by atoms with Gasteiger partial charge < -0.3 is 10.2 Å². The minimum Gasteiger partial charge on any atom is -0.314 e. The van der Waals surface area contributed by atoms with E-state index < -0.39 is 0 Å². The van der Waals surface area contributed by atoms with E-state index in [1.807, 2.05) is 0 Å². The summed E-state index contributed by atoms with van der Waals surface area (Å²) in [6.45, 7) is 15.3. The molecule has 0 heterocycles. The number of hydrogen-bond acceptors (Lipinski definition) is 2. The van der Waals surface area contributed by atoms with Crippen LogP contribution in [-0.4, -0.2) is 36.6 Å². The van der Waals surface area contributed by atoms with Gasteiger partial charge in [0.05, 0.1) is 0 Å². The molecule has 114 valence electrons. The largest absolute Gasteiger partial charge is 0.314 e. The Hall–Kier alpha value is -0.0800. The maximum atomic E-state index is 3.81. The van der Waals surface area contributed by atoms with Crippen molar-refractivity contribution in [2.75, 3.05) is 19.6 Å². The van der Waals surface area contributed by atoms with Gasteiger partial charge in [0.15, 0.2) is 0 Å². The zero-order valence-corrected chi connectivity index (χ0v) is 13.9. The normalized spacial score (nSPS) is 28.3. The molecule has 0 spiro atoms. The number of hydrogen-bond donors (Lipinski definition) is 1. The van der Waals surface area contributed by atoms with Crippen molar-refractivity contribution in [3.63, 3.8) is 0 Å². The molecule has 0 bridgehead atoms. The molecule has 19 heavy (non-hydrogen) atoms. The van der Waals surface area contributed by atoms with Crippen LogP contribution in [0.3, 0.4) is 0 Å². The van der Waals surface area contributed by atoms with Crippen molar-refractivity contribution >= 4 is 0 Å². The fourth-order valence-corrected chi connectivity index (χ4v) is 3.54. The summed E-state index contributed by atoms with van der Waals surface area (Å²) in [6, 6.07) is 1.44. The summed E-state index contributed by atoms with van der Waals surface area (Å²) in [7, 11) is 0. The average molecular weight is 268 g/mol. The van der Waals surface area contributed by atoms with Crippen LogP contribution < -0.4 is 5.32 Å². The molecule has 0 aromatic rings. The Labute approximate surface area is 121 Å². The molecule has 0 aromatic carbocycles. The molecule has 3 atom stereocenters. The molecule has 0 radical (unpaired) electrons.